The number of hydrogen-bond acceptors (Lipinski definition) is 3. The van der Waals surface area contributed by atoms with Crippen LogP contribution in [0, 0.1) is 27.7 Å². The van der Waals surface area contributed by atoms with Gasteiger partial charge in [0.2, 0.25) is 0 Å². The summed E-state index contributed by atoms with van der Waals surface area (Å²) < 4.78 is 0. The molecule has 4 nitrogen and oxygen atoms in total. The molecule has 32 heavy (non-hydrogen) atoms. The zero-order valence-electron chi connectivity index (χ0n) is 18.2. The van der Waals surface area contributed by atoms with Gasteiger partial charge in [0.1, 0.15) is 5.70 Å². The summed E-state index contributed by atoms with van der Waals surface area (Å²) in [4.78, 5) is 28.5. The summed E-state index contributed by atoms with van der Waals surface area (Å²) in [5.74, 6) is -0.834. The SMILES string of the molecule is Cc1ccc(C2=C(Nc3cccc(Cl)c3C)C(=O)N(c3cccc(Cl)c3C)C2=O)cc1C. The van der Waals surface area contributed by atoms with Crippen LogP contribution in [0.4, 0.5) is 11.4 Å². The second-order valence-corrected chi connectivity index (χ2v) is 8.73. The van der Waals surface area contributed by atoms with Crippen molar-refractivity contribution in [3.05, 3.63) is 98.2 Å². The molecule has 1 N–H and O–H groups in total. The topological polar surface area (TPSA) is 49.4 Å². The monoisotopic (exact) mass is 464 g/mol. The van der Waals surface area contributed by atoms with Crippen molar-refractivity contribution in [1.29, 1.82) is 0 Å². The Balaban J connectivity index is 1.90. The Labute approximate surface area is 197 Å². The quantitative estimate of drug-likeness (QED) is 0.441. The lowest BCUT2D eigenvalue weighted by atomic mass is 9.99. The van der Waals surface area contributed by atoms with E-state index < -0.39 is 11.8 Å². The van der Waals surface area contributed by atoms with Gasteiger partial charge < -0.3 is 5.32 Å². The van der Waals surface area contributed by atoms with Gasteiger partial charge in [-0.1, -0.05) is 53.5 Å². The van der Waals surface area contributed by atoms with E-state index in [1.54, 1.807) is 37.3 Å². The van der Waals surface area contributed by atoms with Crippen molar-refractivity contribution in [3.63, 3.8) is 0 Å². The van der Waals surface area contributed by atoms with E-state index >= 15 is 0 Å². The summed E-state index contributed by atoms with van der Waals surface area (Å²) in [5, 5.41) is 4.26. The zero-order chi connectivity index (χ0) is 23.2. The molecule has 3 aromatic carbocycles. The molecule has 6 heteroatoms. The molecular weight excluding hydrogens is 443 g/mol. The number of halogens is 2. The first-order valence-electron chi connectivity index (χ1n) is 10.2. The molecule has 0 bridgehead atoms. The number of carbonyl (C=O) groups is 2. The Morgan fingerprint density at radius 2 is 1.41 bits per heavy atom. The maximum absolute atomic E-state index is 13.7. The van der Waals surface area contributed by atoms with Gasteiger partial charge in [0.05, 0.1) is 11.3 Å². The normalized spacial score (nSPS) is 13.9. The number of rotatable bonds is 4. The molecule has 1 heterocycles. The third-order valence-electron chi connectivity index (χ3n) is 5.89. The molecule has 2 amide bonds. The van der Waals surface area contributed by atoms with Crippen molar-refractivity contribution in [3.8, 4) is 0 Å². The van der Waals surface area contributed by atoms with Gasteiger partial charge in [-0.05, 0) is 79.8 Å². The average Bonchev–Trinajstić information content (AvgIpc) is 2.99. The van der Waals surface area contributed by atoms with Gasteiger partial charge in [0.25, 0.3) is 11.8 Å². The molecule has 0 saturated carbocycles. The third-order valence-corrected chi connectivity index (χ3v) is 6.71. The van der Waals surface area contributed by atoms with E-state index in [2.05, 4.69) is 5.32 Å². The van der Waals surface area contributed by atoms with Crippen molar-refractivity contribution >= 4 is 52.0 Å². The number of nitrogens with zero attached hydrogens (tertiary/aromatic N) is 1. The third kappa shape index (κ3) is 3.70. The minimum atomic E-state index is -0.437. The summed E-state index contributed by atoms with van der Waals surface area (Å²) in [6.07, 6.45) is 0. The van der Waals surface area contributed by atoms with Crippen LogP contribution in [0.2, 0.25) is 10.0 Å². The molecule has 0 radical (unpaired) electrons. The van der Waals surface area contributed by atoms with Crippen molar-refractivity contribution in [2.75, 3.05) is 10.2 Å². The van der Waals surface area contributed by atoms with Crippen LogP contribution in [-0.2, 0) is 9.59 Å². The van der Waals surface area contributed by atoms with Crippen LogP contribution in [0.25, 0.3) is 5.57 Å². The molecule has 0 saturated heterocycles. The lowest BCUT2D eigenvalue weighted by Gasteiger charge is -2.18. The average molecular weight is 465 g/mol. The molecule has 0 aliphatic carbocycles. The van der Waals surface area contributed by atoms with Crippen LogP contribution >= 0.6 is 23.2 Å². The Kier molecular flexibility index (Phi) is 5.85. The number of amides is 2. The molecule has 0 fully saturated rings. The molecular formula is C26H22Cl2N2O2. The smallest absolute Gasteiger partial charge is 0.282 e. The number of carbonyl (C=O) groups excluding carboxylic acids is 2. The first-order chi connectivity index (χ1) is 15.2. The molecule has 0 atom stereocenters. The van der Waals surface area contributed by atoms with Gasteiger partial charge in [0.15, 0.2) is 0 Å². The van der Waals surface area contributed by atoms with Crippen LogP contribution in [-0.4, -0.2) is 11.8 Å². The fourth-order valence-corrected chi connectivity index (χ4v) is 4.09. The number of nitrogens with one attached hydrogen (secondary N) is 1. The highest BCUT2D eigenvalue weighted by Crippen LogP contribution is 2.37. The summed E-state index contributed by atoms with van der Waals surface area (Å²) in [5.41, 5.74) is 5.93. The Bertz CT molecular complexity index is 1310. The van der Waals surface area contributed by atoms with Crippen LogP contribution in [0.5, 0.6) is 0 Å². The number of hydrogen-bond donors (Lipinski definition) is 1. The van der Waals surface area contributed by atoms with Gasteiger partial charge in [0, 0.05) is 15.7 Å². The summed E-state index contributed by atoms with van der Waals surface area (Å²) in [7, 11) is 0. The summed E-state index contributed by atoms with van der Waals surface area (Å²) >= 11 is 12.6. The van der Waals surface area contributed by atoms with E-state index in [9.17, 15) is 9.59 Å². The van der Waals surface area contributed by atoms with Crippen molar-refractivity contribution in [1.82, 2.24) is 0 Å². The fraction of sp³-hybridized carbons (Fsp3) is 0.154. The number of imide groups is 1. The largest absolute Gasteiger partial charge is 0.350 e. The maximum Gasteiger partial charge on any atom is 0.282 e. The standard InChI is InChI=1S/C26H22Cl2N2O2/c1-14-11-12-18(13-15(14)2)23-24(29-21-9-5-7-19(27)16(21)3)26(32)30(25(23)31)22-10-6-8-20(28)17(22)4/h5-13,29H,1-4H3. The molecule has 4 rings (SSSR count). The van der Waals surface area contributed by atoms with Gasteiger partial charge >= 0.3 is 0 Å². The summed E-state index contributed by atoms with van der Waals surface area (Å²) in [6, 6.07) is 16.3. The first-order valence-corrected chi connectivity index (χ1v) is 10.9. The lowest BCUT2D eigenvalue weighted by Crippen LogP contribution is -2.33. The van der Waals surface area contributed by atoms with Gasteiger partial charge in [-0.25, -0.2) is 4.90 Å². The molecule has 162 valence electrons. The Morgan fingerprint density at radius 3 is 2.09 bits per heavy atom. The van der Waals surface area contributed by atoms with Crippen molar-refractivity contribution < 1.29 is 9.59 Å². The van der Waals surface area contributed by atoms with E-state index in [0.717, 1.165) is 16.7 Å². The van der Waals surface area contributed by atoms with E-state index in [-0.39, 0.29) is 5.70 Å². The zero-order valence-corrected chi connectivity index (χ0v) is 19.7. The van der Waals surface area contributed by atoms with E-state index in [1.165, 1.54) is 4.90 Å². The second kappa shape index (κ2) is 8.45. The predicted molar refractivity (Wildman–Crippen MR) is 131 cm³/mol. The Hall–Kier alpha value is -3.08. The van der Waals surface area contributed by atoms with Gasteiger partial charge in [-0.3, -0.25) is 9.59 Å². The van der Waals surface area contributed by atoms with Crippen LogP contribution in [0.15, 0.2) is 60.3 Å². The molecule has 0 aromatic heterocycles. The van der Waals surface area contributed by atoms with Crippen molar-refractivity contribution in [2.45, 2.75) is 27.7 Å². The van der Waals surface area contributed by atoms with E-state index in [4.69, 9.17) is 23.2 Å². The maximum atomic E-state index is 13.7. The second-order valence-electron chi connectivity index (χ2n) is 7.92. The fourth-order valence-electron chi connectivity index (χ4n) is 3.75. The van der Waals surface area contributed by atoms with E-state index in [0.29, 0.717) is 38.1 Å². The minimum absolute atomic E-state index is 0.211. The van der Waals surface area contributed by atoms with Gasteiger partial charge in [-0.2, -0.15) is 0 Å². The van der Waals surface area contributed by atoms with Crippen molar-refractivity contribution in [2.24, 2.45) is 0 Å². The highest BCUT2D eigenvalue weighted by atomic mass is 35.5. The number of benzene rings is 3. The number of anilines is 2. The molecule has 1 aliphatic heterocycles. The van der Waals surface area contributed by atoms with Crippen LogP contribution in [0.3, 0.4) is 0 Å². The predicted octanol–water partition coefficient (Wildman–Crippen LogP) is 6.62. The van der Waals surface area contributed by atoms with Crippen LogP contribution < -0.4 is 10.2 Å². The molecule has 3 aromatic rings. The highest BCUT2D eigenvalue weighted by molar-refractivity contribution is 6.46. The molecule has 0 spiro atoms. The summed E-state index contributed by atoms with van der Waals surface area (Å²) in [6.45, 7) is 7.64. The lowest BCUT2D eigenvalue weighted by molar-refractivity contribution is -0.120. The van der Waals surface area contributed by atoms with Crippen LogP contribution in [0.1, 0.15) is 27.8 Å². The Morgan fingerprint density at radius 1 is 0.750 bits per heavy atom. The number of aryl methyl sites for hydroxylation is 2. The first kappa shape index (κ1) is 22.1. The van der Waals surface area contributed by atoms with Gasteiger partial charge in [-0.15, -0.1) is 0 Å². The highest BCUT2D eigenvalue weighted by Gasteiger charge is 2.41. The molecule has 1 aliphatic rings. The van der Waals surface area contributed by atoms with E-state index in [1.807, 2.05) is 45.0 Å². The molecule has 0 unspecified atom stereocenters. The minimum Gasteiger partial charge on any atom is -0.350 e.